The van der Waals surface area contributed by atoms with Crippen LogP contribution in [0.3, 0.4) is 0 Å². The summed E-state index contributed by atoms with van der Waals surface area (Å²) >= 11 is 0. The standard InChI is InChI=1S/C21H25F3O/c1-3-13-5-7-14(8-6-13)15-9-10-18-16(11-15)12-19(25-21(23)24)17(4-2)20(18)22/h9-14,21H,3-8H2,1-2H3. The van der Waals surface area contributed by atoms with Gasteiger partial charge in [0, 0.05) is 10.9 Å². The fourth-order valence-corrected chi connectivity index (χ4v) is 4.09. The molecular formula is C21H25F3O. The van der Waals surface area contributed by atoms with E-state index in [1.54, 1.807) is 19.1 Å². The third-order valence-corrected chi connectivity index (χ3v) is 5.63. The van der Waals surface area contributed by atoms with Crippen molar-refractivity contribution in [2.45, 2.75) is 64.9 Å². The van der Waals surface area contributed by atoms with Crippen LogP contribution in [0.2, 0.25) is 0 Å². The van der Waals surface area contributed by atoms with Gasteiger partial charge in [-0.2, -0.15) is 8.78 Å². The molecule has 1 aliphatic carbocycles. The maximum Gasteiger partial charge on any atom is 0.387 e. The average molecular weight is 350 g/mol. The molecule has 25 heavy (non-hydrogen) atoms. The predicted molar refractivity (Wildman–Crippen MR) is 94.9 cm³/mol. The Bertz CT molecular complexity index is 733. The van der Waals surface area contributed by atoms with Crippen molar-refractivity contribution < 1.29 is 17.9 Å². The first-order chi connectivity index (χ1) is 12.0. The molecule has 0 radical (unpaired) electrons. The van der Waals surface area contributed by atoms with Crippen LogP contribution in [-0.4, -0.2) is 6.61 Å². The SMILES string of the molecule is CCc1c(OC(F)F)cc2cc(C3CCC(CC)CC3)ccc2c1F. The van der Waals surface area contributed by atoms with Gasteiger partial charge in [0.25, 0.3) is 0 Å². The Hall–Kier alpha value is -1.71. The van der Waals surface area contributed by atoms with Crippen molar-refractivity contribution in [3.05, 3.63) is 41.2 Å². The average Bonchev–Trinajstić information content (AvgIpc) is 2.61. The number of halogens is 3. The van der Waals surface area contributed by atoms with E-state index < -0.39 is 12.4 Å². The monoisotopic (exact) mass is 350 g/mol. The molecule has 2 aromatic carbocycles. The number of benzene rings is 2. The van der Waals surface area contributed by atoms with Crippen molar-refractivity contribution in [1.82, 2.24) is 0 Å². The number of rotatable bonds is 5. The van der Waals surface area contributed by atoms with Crippen LogP contribution in [0.25, 0.3) is 10.8 Å². The molecule has 0 heterocycles. The topological polar surface area (TPSA) is 9.23 Å². The lowest BCUT2D eigenvalue weighted by molar-refractivity contribution is -0.0504. The van der Waals surface area contributed by atoms with Gasteiger partial charge in [0.15, 0.2) is 0 Å². The van der Waals surface area contributed by atoms with Gasteiger partial charge in [0.05, 0.1) is 0 Å². The zero-order valence-corrected chi connectivity index (χ0v) is 14.8. The lowest BCUT2D eigenvalue weighted by Crippen LogP contribution is -2.12. The molecule has 0 unspecified atom stereocenters. The molecule has 1 nitrogen and oxygen atoms in total. The molecule has 2 aromatic rings. The van der Waals surface area contributed by atoms with E-state index in [9.17, 15) is 13.2 Å². The summed E-state index contributed by atoms with van der Waals surface area (Å²) in [5, 5.41) is 1.12. The van der Waals surface area contributed by atoms with Crippen LogP contribution in [0.4, 0.5) is 13.2 Å². The van der Waals surface area contributed by atoms with Crippen molar-refractivity contribution in [3.63, 3.8) is 0 Å². The van der Waals surface area contributed by atoms with Crippen molar-refractivity contribution in [2.75, 3.05) is 0 Å². The van der Waals surface area contributed by atoms with Crippen molar-refractivity contribution in [1.29, 1.82) is 0 Å². The smallest absolute Gasteiger partial charge is 0.387 e. The molecule has 3 rings (SSSR count). The molecule has 0 bridgehead atoms. The summed E-state index contributed by atoms with van der Waals surface area (Å²) in [5.74, 6) is 0.791. The normalized spacial score (nSPS) is 21.0. The number of hydrogen-bond acceptors (Lipinski definition) is 1. The summed E-state index contributed by atoms with van der Waals surface area (Å²) in [6.45, 7) is 1.03. The Morgan fingerprint density at radius 1 is 1.08 bits per heavy atom. The molecule has 1 saturated carbocycles. The lowest BCUT2D eigenvalue weighted by atomic mass is 9.77. The Morgan fingerprint density at radius 2 is 1.80 bits per heavy atom. The molecule has 0 saturated heterocycles. The molecule has 0 amide bonds. The van der Waals surface area contributed by atoms with Crippen molar-refractivity contribution >= 4 is 10.8 Å². The highest BCUT2D eigenvalue weighted by atomic mass is 19.3. The van der Waals surface area contributed by atoms with Crippen LogP contribution in [0.5, 0.6) is 5.75 Å². The van der Waals surface area contributed by atoms with Gasteiger partial charge in [-0.1, -0.05) is 38.5 Å². The highest BCUT2D eigenvalue weighted by molar-refractivity contribution is 5.86. The molecular weight excluding hydrogens is 325 g/mol. The zero-order chi connectivity index (χ0) is 18.0. The highest BCUT2D eigenvalue weighted by Crippen LogP contribution is 2.39. The van der Waals surface area contributed by atoms with Gasteiger partial charge in [-0.15, -0.1) is 0 Å². The number of fused-ring (bicyclic) bond motifs is 1. The Kier molecular flexibility index (Phi) is 5.55. The minimum Gasteiger partial charge on any atom is -0.434 e. The van der Waals surface area contributed by atoms with Gasteiger partial charge in [0.1, 0.15) is 11.6 Å². The second-order valence-electron chi connectivity index (χ2n) is 7.01. The van der Waals surface area contributed by atoms with Crippen LogP contribution in [0.15, 0.2) is 24.3 Å². The first kappa shape index (κ1) is 18.1. The van der Waals surface area contributed by atoms with E-state index in [-0.39, 0.29) is 11.3 Å². The van der Waals surface area contributed by atoms with E-state index in [1.807, 2.05) is 12.1 Å². The molecule has 136 valence electrons. The molecule has 0 spiro atoms. The van der Waals surface area contributed by atoms with Gasteiger partial charge in [-0.25, -0.2) is 4.39 Å². The van der Waals surface area contributed by atoms with Gasteiger partial charge in [0.2, 0.25) is 0 Å². The maximum atomic E-state index is 14.7. The molecule has 0 aliphatic heterocycles. The van der Waals surface area contributed by atoms with Gasteiger partial charge in [-0.3, -0.25) is 0 Å². The first-order valence-corrected chi connectivity index (χ1v) is 9.23. The van der Waals surface area contributed by atoms with Gasteiger partial charge < -0.3 is 4.74 Å². The van der Waals surface area contributed by atoms with E-state index in [0.717, 1.165) is 18.8 Å². The van der Waals surface area contributed by atoms with Crippen LogP contribution >= 0.6 is 0 Å². The number of ether oxygens (including phenoxy) is 1. The molecule has 4 heteroatoms. The Morgan fingerprint density at radius 3 is 2.40 bits per heavy atom. The summed E-state index contributed by atoms with van der Waals surface area (Å²) in [6.07, 6.45) is 6.26. The maximum absolute atomic E-state index is 14.7. The van der Waals surface area contributed by atoms with Gasteiger partial charge >= 0.3 is 6.61 Å². The second-order valence-corrected chi connectivity index (χ2v) is 7.01. The first-order valence-electron chi connectivity index (χ1n) is 9.23. The summed E-state index contributed by atoms with van der Waals surface area (Å²) in [6, 6.07) is 7.30. The fraction of sp³-hybridized carbons (Fsp3) is 0.524. The number of alkyl halides is 2. The number of hydrogen-bond donors (Lipinski definition) is 0. The summed E-state index contributed by atoms with van der Waals surface area (Å²) < 4.78 is 44.6. The van der Waals surface area contributed by atoms with Crippen LogP contribution in [0, 0.1) is 11.7 Å². The minimum atomic E-state index is -2.95. The van der Waals surface area contributed by atoms with Crippen molar-refractivity contribution in [3.8, 4) is 5.75 Å². The molecule has 0 aromatic heterocycles. The largest absolute Gasteiger partial charge is 0.434 e. The third kappa shape index (κ3) is 3.78. The van der Waals surface area contributed by atoms with E-state index in [0.29, 0.717) is 23.1 Å². The quantitative estimate of drug-likeness (QED) is 0.574. The third-order valence-electron chi connectivity index (χ3n) is 5.63. The fourth-order valence-electron chi connectivity index (χ4n) is 4.09. The second kappa shape index (κ2) is 7.67. The predicted octanol–water partition coefficient (Wildman–Crippen LogP) is 6.83. The molecule has 1 fully saturated rings. The summed E-state index contributed by atoms with van der Waals surface area (Å²) in [7, 11) is 0. The molecule has 1 aliphatic rings. The van der Waals surface area contributed by atoms with Gasteiger partial charge in [-0.05, 0) is 61.0 Å². The summed E-state index contributed by atoms with van der Waals surface area (Å²) in [4.78, 5) is 0. The Labute approximate surface area is 147 Å². The Balaban J connectivity index is 1.96. The van der Waals surface area contributed by atoms with E-state index in [1.165, 1.54) is 24.8 Å². The zero-order valence-electron chi connectivity index (χ0n) is 14.8. The van der Waals surface area contributed by atoms with Crippen LogP contribution < -0.4 is 4.74 Å². The highest BCUT2D eigenvalue weighted by Gasteiger charge is 2.22. The van der Waals surface area contributed by atoms with E-state index >= 15 is 0 Å². The van der Waals surface area contributed by atoms with Crippen LogP contribution in [-0.2, 0) is 6.42 Å². The van der Waals surface area contributed by atoms with E-state index in [4.69, 9.17) is 0 Å². The van der Waals surface area contributed by atoms with E-state index in [2.05, 4.69) is 11.7 Å². The minimum absolute atomic E-state index is 0.0469. The summed E-state index contributed by atoms with van der Waals surface area (Å²) in [5.41, 5.74) is 1.39. The molecule has 0 atom stereocenters. The van der Waals surface area contributed by atoms with Crippen LogP contribution in [0.1, 0.15) is 63.0 Å². The molecule has 0 N–H and O–H groups in total. The van der Waals surface area contributed by atoms with Crippen molar-refractivity contribution in [2.24, 2.45) is 5.92 Å². The lowest BCUT2D eigenvalue weighted by Gasteiger charge is -2.28.